The van der Waals surface area contributed by atoms with E-state index < -0.39 is 11.9 Å². The van der Waals surface area contributed by atoms with Crippen LogP contribution in [0.15, 0.2) is 53.2 Å². The predicted octanol–water partition coefficient (Wildman–Crippen LogP) is 4.30. The van der Waals surface area contributed by atoms with Gasteiger partial charge >= 0.3 is 5.97 Å². The van der Waals surface area contributed by atoms with Gasteiger partial charge in [0.1, 0.15) is 16.3 Å². The van der Waals surface area contributed by atoms with Gasteiger partial charge in [-0.3, -0.25) is 15.1 Å². The third kappa shape index (κ3) is 3.14. The molecule has 28 heavy (non-hydrogen) atoms. The fraction of sp³-hybridized carbons (Fsp3) is 0.100. The summed E-state index contributed by atoms with van der Waals surface area (Å²) in [6, 6.07) is 10.9. The number of carbonyl (C=O) groups excluding carboxylic acids is 2. The quantitative estimate of drug-likeness (QED) is 0.520. The molecule has 1 N–H and O–H groups in total. The molecule has 140 valence electrons. The molecule has 0 bridgehead atoms. The number of aryl methyl sites for hydroxylation is 1. The van der Waals surface area contributed by atoms with E-state index in [2.05, 4.69) is 15.3 Å². The van der Waals surface area contributed by atoms with Crippen molar-refractivity contribution in [1.82, 2.24) is 9.97 Å². The zero-order valence-electron chi connectivity index (χ0n) is 15.1. The van der Waals surface area contributed by atoms with Crippen molar-refractivity contribution in [1.29, 1.82) is 0 Å². The number of nitrogens with zero attached hydrogens (tertiary/aromatic N) is 2. The van der Waals surface area contributed by atoms with Gasteiger partial charge in [0.2, 0.25) is 5.88 Å². The zero-order valence-corrected chi connectivity index (χ0v) is 15.9. The molecule has 0 saturated heterocycles. The van der Waals surface area contributed by atoms with Crippen LogP contribution in [-0.4, -0.2) is 29.0 Å². The number of para-hydroxylation sites is 1. The maximum absolute atomic E-state index is 12.6. The molecular formula is C20H15N3O4S. The second-order valence-electron chi connectivity index (χ2n) is 5.91. The van der Waals surface area contributed by atoms with Crippen LogP contribution in [0, 0.1) is 6.92 Å². The average molecular weight is 393 g/mol. The average Bonchev–Trinajstić information content (AvgIpc) is 3.28. The lowest BCUT2D eigenvalue weighted by atomic mass is 10.1. The lowest BCUT2D eigenvalue weighted by Gasteiger charge is -2.04. The van der Waals surface area contributed by atoms with E-state index in [-0.39, 0.29) is 11.4 Å². The van der Waals surface area contributed by atoms with Crippen molar-refractivity contribution in [2.24, 2.45) is 0 Å². The number of thiazole rings is 1. The first-order valence-electron chi connectivity index (χ1n) is 8.37. The van der Waals surface area contributed by atoms with Crippen molar-refractivity contribution in [3.8, 4) is 10.6 Å². The molecule has 1 aromatic carbocycles. The summed E-state index contributed by atoms with van der Waals surface area (Å²) in [5, 5.41) is 3.28. The number of fused-ring (bicyclic) bond motifs is 1. The number of hydrogen-bond donors (Lipinski definition) is 1. The zero-order chi connectivity index (χ0) is 19.7. The summed E-state index contributed by atoms with van der Waals surface area (Å²) in [7, 11) is 1.30. The highest BCUT2D eigenvalue weighted by Crippen LogP contribution is 2.40. The number of esters is 1. The normalized spacial score (nSPS) is 10.8. The van der Waals surface area contributed by atoms with E-state index in [1.54, 1.807) is 25.3 Å². The molecule has 0 aliphatic rings. The van der Waals surface area contributed by atoms with Crippen LogP contribution in [0.25, 0.3) is 20.8 Å². The summed E-state index contributed by atoms with van der Waals surface area (Å²) in [5.74, 6) is -0.480. The molecule has 0 atom stereocenters. The second kappa shape index (κ2) is 7.24. The lowest BCUT2D eigenvalue weighted by molar-refractivity contribution is 0.0599. The Bertz CT molecular complexity index is 1150. The van der Waals surface area contributed by atoms with E-state index in [0.717, 1.165) is 10.2 Å². The third-order valence-corrected chi connectivity index (χ3v) is 5.19. The van der Waals surface area contributed by atoms with E-state index in [9.17, 15) is 9.59 Å². The largest absolute Gasteiger partial charge is 0.465 e. The number of nitrogens with one attached hydrogen (secondary N) is 1. The topological polar surface area (TPSA) is 94.3 Å². The molecular weight excluding hydrogens is 378 g/mol. The van der Waals surface area contributed by atoms with Crippen molar-refractivity contribution in [3.05, 3.63) is 65.7 Å². The van der Waals surface area contributed by atoms with Crippen molar-refractivity contribution in [2.75, 3.05) is 12.4 Å². The van der Waals surface area contributed by atoms with Gasteiger partial charge in [-0.05, 0) is 31.2 Å². The fourth-order valence-corrected chi connectivity index (χ4v) is 3.85. The number of furan rings is 1. The highest BCUT2D eigenvalue weighted by molar-refractivity contribution is 7.21. The SMILES string of the molecule is COC(=O)c1c(C)oc(NC(=O)c2cccnc2)c1-c1nc2ccccc2s1. The van der Waals surface area contributed by atoms with Gasteiger partial charge in [-0.25, -0.2) is 9.78 Å². The van der Waals surface area contributed by atoms with Gasteiger partial charge in [0, 0.05) is 12.4 Å². The summed E-state index contributed by atoms with van der Waals surface area (Å²) >= 11 is 1.40. The molecule has 7 nitrogen and oxygen atoms in total. The molecule has 0 aliphatic carbocycles. The van der Waals surface area contributed by atoms with Crippen LogP contribution >= 0.6 is 11.3 Å². The van der Waals surface area contributed by atoms with Crippen LogP contribution in [0.2, 0.25) is 0 Å². The third-order valence-electron chi connectivity index (χ3n) is 4.13. The molecule has 3 heterocycles. The maximum atomic E-state index is 12.6. The van der Waals surface area contributed by atoms with E-state index in [0.29, 0.717) is 21.9 Å². The second-order valence-corrected chi connectivity index (χ2v) is 6.94. The monoisotopic (exact) mass is 393 g/mol. The standard InChI is InChI=1S/C20H15N3O4S/c1-11-15(20(25)26-2)16(19-22-13-7-3-4-8-14(13)28-19)18(27-11)23-17(24)12-6-5-9-21-10-12/h3-10H,1-2H3,(H,23,24). The van der Waals surface area contributed by atoms with E-state index in [1.807, 2.05) is 24.3 Å². The molecule has 0 spiro atoms. The molecule has 0 fully saturated rings. The minimum atomic E-state index is -0.558. The molecule has 0 radical (unpaired) electrons. The van der Waals surface area contributed by atoms with Crippen LogP contribution in [0.1, 0.15) is 26.5 Å². The molecule has 0 saturated carbocycles. The highest BCUT2D eigenvalue weighted by Gasteiger charge is 2.28. The molecule has 1 amide bonds. The number of amides is 1. The van der Waals surface area contributed by atoms with Crippen LogP contribution in [0.4, 0.5) is 5.88 Å². The first kappa shape index (κ1) is 17.9. The first-order chi connectivity index (χ1) is 13.6. The Balaban J connectivity index is 1.84. The Morgan fingerprint density at radius 3 is 2.71 bits per heavy atom. The van der Waals surface area contributed by atoms with Crippen molar-refractivity contribution >= 4 is 39.3 Å². The molecule has 4 rings (SSSR count). The number of rotatable bonds is 4. The molecule has 3 aromatic heterocycles. The van der Waals surface area contributed by atoms with Crippen molar-refractivity contribution in [2.45, 2.75) is 6.92 Å². The summed E-state index contributed by atoms with van der Waals surface area (Å²) < 4.78 is 11.6. The van der Waals surface area contributed by atoms with Gasteiger partial charge in [0.15, 0.2) is 0 Å². The number of pyridine rings is 1. The van der Waals surface area contributed by atoms with E-state index in [1.165, 1.54) is 24.6 Å². The van der Waals surface area contributed by atoms with Crippen LogP contribution in [0.3, 0.4) is 0 Å². The minimum Gasteiger partial charge on any atom is -0.465 e. The smallest absolute Gasteiger partial charge is 0.342 e. The summed E-state index contributed by atoms with van der Waals surface area (Å²) in [4.78, 5) is 33.5. The Morgan fingerprint density at radius 2 is 2.00 bits per heavy atom. The number of hydrogen-bond acceptors (Lipinski definition) is 7. The Hall–Kier alpha value is -3.52. The number of aromatic nitrogens is 2. The van der Waals surface area contributed by atoms with Gasteiger partial charge in [0.25, 0.3) is 5.91 Å². The molecule has 4 aromatic rings. The van der Waals surface area contributed by atoms with Crippen LogP contribution in [-0.2, 0) is 4.74 Å². The van der Waals surface area contributed by atoms with Crippen LogP contribution < -0.4 is 5.32 Å². The number of benzene rings is 1. The van der Waals surface area contributed by atoms with E-state index in [4.69, 9.17) is 9.15 Å². The maximum Gasteiger partial charge on any atom is 0.342 e. The minimum absolute atomic E-state index is 0.144. The van der Waals surface area contributed by atoms with Gasteiger partial charge in [-0.15, -0.1) is 11.3 Å². The van der Waals surface area contributed by atoms with E-state index >= 15 is 0 Å². The summed E-state index contributed by atoms with van der Waals surface area (Å²) in [6.45, 7) is 1.64. The fourth-order valence-electron chi connectivity index (χ4n) is 2.84. The lowest BCUT2D eigenvalue weighted by Crippen LogP contribution is -2.12. The van der Waals surface area contributed by atoms with Crippen LogP contribution in [0.5, 0.6) is 0 Å². The van der Waals surface area contributed by atoms with Gasteiger partial charge in [-0.2, -0.15) is 0 Å². The van der Waals surface area contributed by atoms with Crippen molar-refractivity contribution < 1.29 is 18.7 Å². The number of carbonyl (C=O) groups is 2. The van der Waals surface area contributed by atoms with Crippen molar-refractivity contribution in [3.63, 3.8) is 0 Å². The number of anilines is 1. The van der Waals surface area contributed by atoms with Gasteiger partial charge in [0.05, 0.1) is 28.5 Å². The Labute approximate surface area is 164 Å². The Morgan fingerprint density at radius 1 is 1.18 bits per heavy atom. The number of ether oxygens (including phenoxy) is 1. The highest BCUT2D eigenvalue weighted by atomic mass is 32.1. The summed E-state index contributed by atoms with van der Waals surface area (Å²) in [5.41, 5.74) is 1.80. The molecule has 0 aliphatic heterocycles. The Kier molecular flexibility index (Phi) is 4.62. The molecule has 0 unspecified atom stereocenters. The number of methoxy groups -OCH3 is 1. The first-order valence-corrected chi connectivity index (χ1v) is 9.19. The summed E-state index contributed by atoms with van der Waals surface area (Å²) in [6.07, 6.45) is 3.03. The van der Waals surface area contributed by atoms with Gasteiger partial charge in [-0.1, -0.05) is 12.1 Å². The van der Waals surface area contributed by atoms with Gasteiger partial charge < -0.3 is 9.15 Å². The predicted molar refractivity (Wildman–Crippen MR) is 106 cm³/mol. The molecule has 8 heteroatoms.